The highest BCUT2D eigenvalue weighted by Crippen LogP contribution is 2.34. The van der Waals surface area contributed by atoms with Crippen LogP contribution in [0.15, 0.2) is 59.6 Å². The topological polar surface area (TPSA) is 25.2 Å². The van der Waals surface area contributed by atoms with Gasteiger partial charge in [-0.2, -0.15) is 0 Å². The SMILES string of the molecule is CC(C)c1cccc(C(C)C)c1N=Cc1ccc2ccccc2n1. The number of pyridine rings is 1. The van der Waals surface area contributed by atoms with E-state index in [9.17, 15) is 0 Å². The van der Waals surface area contributed by atoms with Gasteiger partial charge in [0.25, 0.3) is 0 Å². The lowest BCUT2D eigenvalue weighted by atomic mass is 9.93. The quantitative estimate of drug-likeness (QED) is 0.523. The van der Waals surface area contributed by atoms with Crippen LogP contribution in [-0.2, 0) is 0 Å². The Kier molecular flexibility index (Phi) is 4.75. The van der Waals surface area contributed by atoms with E-state index in [2.05, 4.69) is 58.0 Å². The molecule has 0 saturated heterocycles. The largest absolute Gasteiger partial charge is 0.254 e. The predicted molar refractivity (Wildman–Crippen MR) is 104 cm³/mol. The molecule has 0 aliphatic rings. The molecule has 0 spiro atoms. The van der Waals surface area contributed by atoms with Crippen LogP contribution in [0.4, 0.5) is 5.69 Å². The average Bonchev–Trinajstić information content (AvgIpc) is 2.59. The molecule has 0 unspecified atom stereocenters. The summed E-state index contributed by atoms with van der Waals surface area (Å²) in [6.07, 6.45) is 1.89. The molecule has 24 heavy (non-hydrogen) atoms. The maximum atomic E-state index is 4.84. The molecule has 3 rings (SSSR count). The second-order valence-corrected chi connectivity index (χ2v) is 6.78. The Morgan fingerprint density at radius 3 is 2.12 bits per heavy atom. The highest BCUT2D eigenvalue weighted by Gasteiger charge is 2.12. The van der Waals surface area contributed by atoms with E-state index in [4.69, 9.17) is 9.98 Å². The van der Waals surface area contributed by atoms with Gasteiger partial charge in [-0.05, 0) is 35.1 Å². The maximum absolute atomic E-state index is 4.84. The third-order valence-corrected chi connectivity index (χ3v) is 4.29. The Bertz CT molecular complexity index is 850. The zero-order valence-electron chi connectivity index (χ0n) is 14.8. The summed E-state index contributed by atoms with van der Waals surface area (Å²) >= 11 is 0. The number of hydrogen-bond acceptors (Lipinski definition) is 2. The van der Waals surface area contributed by atoms with Crippen LogP contribution in [-0.4, -0.2) is 11.2 Å². The fourth-order valence-electron chi connectivity index (χ4n) is 2.95. The fourth-order valence-corrected chi connectivity index (χ4v) is 2.95. The van der Waals surface area contributed by atoms with Crippen molar-refractivity contribution >= 4 is 22.8 Å². The van der Waals surface area contributed by atoms with Gasteiger partial charge in [-0.25, -0.2) is 4.98 Å². The molecule has 0 saturated carbocycles. The summed E-state index contributed by atoms with van der Waals surface area (Å²) < 4.78 is 0. The summed E-state index contributed by atoms with van der Waals surface area (Å²) in [6.45, 7) is 8.86. The molecule has 0 radical (unpaired) electrons. The van der Waals surface area contributed by atoms with Gasteiger partial charge in [0.1, 0.15) is 0 Å². The van der Waals surface area contributed by atoms with E-state index in [1.165, 1.54) is 11.1 Å². The molecule has 0 fully saturated rings. The lowest BCUT2D eigenvalue weighted by molar-refractivity contribution is 0.835. The molecule has 1 heterocycles. The molecule has 0 aliphatic heterocycles. The van der Waals surface area contributed by atoms with Crippen molar-refractivity contribution in [2.75, 3.05) is 0 Å². The molecule has 0 aliphatic carbocycles. The van der Waals surface area contributed by atoms with Crippen molar-refractivity contribution in [3.63, 3.8) is 0 Å². The summed E-state index contributed by atoms with van der Waals surface area (Å²) in [4.78, 5) is 9.53. The lowest BCUT2D eigenvalue weighted by Crippen LogP contribution is -1.96. The first kappa shape index (κ1) is 16.4. The molecule has 3 aromatic rings. The third-order valence-electron chi connectivity index (χ3n) is 4.29. The molecule has 0 atom stereocenters. The monoisotopic (exact) mass is 316 g/mol. The second kappa shape index (κ2) is 6.96. The summed E-state index contributed by atoms with van der Waals surface area (Å²) in [5.41, 5.74) is 5.57. The number of aliphatic imine (C=N–C) groups is 1. The van der Waals surface area contributed by atoms with Gasteiger partial charge >= 0.3 is 0 Å². The minimum Gasteiger partial charge on any atom is -0.254 e. The maximum Gasteiger partial charge on any atom is 0.0820 e. The highest BCUT2D eigenvalue weighted by atomic mass is 14.8. The smallest absolute Gasteiger partial charge is 0.0820 e. The van der Waals surface area contributed by atoms with E-state index >= 15 is 0 Å². The normalized spacial score (nSPS) is 11.9. The summed E-state index contributed by atoms with van der Waals surface area (Å²) in [5, 5.41) is 1.15. The molecule has 122 valence electrons. The van der Waals surface area contributed by atoms with Gasteiger partial charge in [0.05, 0.1) is 23.1 Å². The van der Waals surface area contributed by atoms with E-state index in [0.29, 0.717) is 11.8 Å². The van der Waals surface area contributed by atoms with Crippen LogP contribution < -0.4 is 0 Å². The van der Waals surface area contributed by atoms with Crippen molar-refractivity contribution in [3.05, 3.63) is 71.4 Å². The number of nitrogens with zero attached hydrogens (tertiary/aromatic N) is 2. The first-order valence-electron chi connectivity index (χ1n) is 8.59. The van der Waals surface area contributed by atoms with Crippen LogP contribution in [0.1, 0.15) is 56.4 Å². The van der Waals surface area contributed by atoms with Gasteiger partial charge in [0.15, 0.2) is 0 Å². The van der Waals surface area contributed by atoms with E-state index in [1.54, 1.807) is 0 Å². The summed E-state index contributed by atoms with van der Waals surface area (Å²) in [6, 6.07) is 18.8. The minimum absolute atomic E-state index is 0.445. The molecule has 1 aromatic heterocycles. The van der Waals surface area contributed by atoms with E-state index in [1.807, 2.05) is 30.5 Å². The minimum atomic E-state index is 0.445. The lowest BCUT2D eigenvalue weighted by Gasteiger charge is -2.16. The number of aromatic nitrogens is 1. The molecular formula is C22H24N2. The molecular weight excluding hydrogens is 292 g/mol. The van der Waals surface area contributed by atoms with E-state index < -0.39 is 0 Å². The van der Waals surface area contributed by atoms with Gasteiger partial charge in [-0.15, -0.1) is 0 Å². The summed E-state index contributed by atoms with van der Waals surface area (Å²) in [7, 11) is 0. The van der Waals surface area contributed by atoms with Gasteiger partial charge in [-0.3, -0.25) is 4.99 Å². The molecule has 0 amide bonds. The second-order valence-electron chi connectivity index (χ2n) is 6.78. The third kappa shape index (κ3) is 3.38. The van der Waals surface area contributed by atoms with Crippen molar-refractivity contribution in [1.82, 2.24) is 4.98 Å². The van der Waals surface area contributed by atoms with E-state index in [0.717, 1.165) is 22.3 Å². The van der Waals surface area contributed by atoms with Gasteiger partial charge < -0.3 is 0 Å². The number of para-hydroxylation sites is 2. The number of benzene rings is 2. The van der Waals surface area contributed by atoms with Gasteiger partial charge in [0.2, 0.25) is 0 Å². The zero-order chi connectivity index (χ0) is 17.1. The van der Waals surface area contributed by atoms with Crippen LogP contribution in [0.3, 0.4) is 0 Å². The fraction of sp³-hybridized carbons (Fsp3) is 0.273. The van der Waals surface area contributed by atoms with Crippen LogP contribution in [0, 0.1) is 0 Å². The van der Waals surface area contributed by atoms with Crippen molar-refractivity contribution in [2.24, 2.45) is 4.99 Å². The number of fused-ring (bicyclic) bond motifs is 1. The predicted octanol–water partition coefficient (Wildman–Crippen LogP) is 6.23. The van der Waals surface area contributed by atoms with Crippen molar-refractivity contribution in [2.45, 2.75) is 39.5 Å². The molecule has 0 N–H and O–H groups in total. The molecule has 2 nitrogen and oxygen atoms in total. The molecule has 2 aromatic carbocycles. The Hall–Kier alpha value is -2.48. The van der Waals surface area contributed by atoms with Crippen molar-refractivity contribution in [1.29, 1.82) is 0 Å². The van der Waals surface area contributed by atoms with E-state index in [-0.39, 0.29) is 0 Å². The standard InChI is InChI=1S/C22H24N2/c1-15(2)19-9-7-10-20(16(3)4)22(19)23-14-18-13-12-17-8-5-6-11-21(17)24-18/h5-16H,1-4H3. The molecule has 2 heteroatoms. The van der Waals surface area contributed by atoms with Crippen LogP contribution in [0.25, 0.3) is 10.9 Å². The molecule has 0 bridgehead atoms. The Morgan fingerprint density at radius 1 is 0.792 bits per heavy atom. The Balaban J connectivity index is 2.03. The Morgan fingerprint density at radius 2 is 1.46 bits per heavy atom. The van der Waals surface area contributed by atoms with Gasteiger partial charge in [0, 0.05) is 5.39 Å². The highest BCUT2D eigenvalue weighted by molar-refractivity contribution is 5.86. The first-order chi connectivity index (χ1) is 11.6. The van der Waals surface area contributed by atoms with Gasteiger partial charge in [-0.1, -0.05) is 70.2 Å². The van der Waals surface area contributed by atoms with Crippen LogP contribution in [0.5, 0.6) is 0 Å². The average molecular weight is 316 g/mol. The number of rotatable bonds is 4. The first-order valence-corrected chi connectivity index (χ1v) is 8.59. The summed E-state index contributed by atoms with van der Waals surface area (Å²) in [5.74, 6) is 0.890. The van der Waals surface area contributed by atoms with Crippen molar-refractivity contribution in [3.8, 4) is 0 Å². The van der Waals surface area contributed by atoms with Crippen molar-refractivity contribution < 1.29 is 0 Å². The van der Waals surface area contributed by atoms with Crippen LogP contribution >= 0.6 is 0 Å². The zero-order valence-corrected chi connectivity index (χ0v) is 14.8. The number of hydrogen-bond donors (Lipinski definition) is 0. The van der Waals surface area contributed by atoms with Crippen LogP contribution in [0.2, 0.25) is 0 Å². The Labute approximate surface area is 144 Å².